The molecule has 0 aliphatic heterocycles. The summed E-state index contributed by atoms with van der Waals surface area (Å²) >= 11 is 0. The topological polar surface area (TPSA) is 20.2 Å². The SMILES string of the molecule is O[C]c1cccc2ccccc12. The number of hydrogen-bond donors (Lipinski definition) is 1. The van der Waals surface area contributed by atoms with Crippen LogP contribution in [0.5, 0.6) is 0 Å². The van der Waals surface area contributed by atoms with Gasteiger partial charge in [-0.1, -0.05) is 42.5 Å². The van der Waals surface area contributed by atoms with Crippen LogP contribution in [-0.2, 0) is 0 Å². The lowest BCUT2D eigenvalue weighted by Gasteiger charge is -2.00. The van der Waals surface area contributed by atoms with E-state index in [9.17, 15) is 0 Å². The predicted octanol–water partition coefficient (Wildman–Crippen LogP) is 2.60. The summed E-state index contributed by atoms with van der Waals surface area (Å²) in [5, 5.41) is 10.9. The lowest BCUT2D eigenvalue weighted by atomic mass is 10.1. The molecule has 2 rings (SSSR count). The molecule has 0 aromatic heterocycles. The van der Waals surface area contributed by atoms with Crippen molar-refractivity contribution in [3.8, 4) is 0 Å². The van der Waals surface area contributed by atoms with Crippen molar-refractivity contribution < 1.29 is 5.11 Å². The van der Waals surface area contributed by atoms with Crippen molar-refractivity contribution in [2.45, 2.75) is 0 Å². The fourth-order valence-electron chi connectivity index (χ4n) is 1.32. The zero-order chi connectivity index (χ0) is 8.39. The molecule has 0 bridgehead atoms. The highest BCUT2D eigenvalue weighted by molar-refractivity contribution is 5.86. The molecule has 0 saturated carbocycles. The molecule has 0 amide bonds. The highest BCUT2D eigenvalue weighted by Gasteiger charge is 1.97. The smallest absolute Gasteiger partial charge is 0.162 e. The summed E-state index contributed by atoms with van der Waals surface area (Å²) in [6.07, 6.45) is 0. The highest BCUT2D eigenvalue weighted by atomic mass is 16.3. The quantitative estimate of drug-likeness (QED) is 0.672. The molecule has 0 unspecified atom stereocenters. The van der Waals surface area contributed by atoms with E-state index in [1.807, 2.05) is 42.5 Å². The van der Waals surface area contributed by atoms with Crippen molar-refractivity contribution in [1.29, 1.82) is 0 Å². The Hall–Kier alpha value is -1.34. The first-order valence-electron chi connectivity index (χ1n) is 3.79. The molecule has 1 heteroatoms. The number of benzene rings is 2. The molecule has 2 aromatic carbocycles. The molecular weight excluding hydrogens is 148 g/mol. The van der Waals surface area contributed by atoms with E-state index >= 15 is 0 Å². The van der Waals surface area contributed by atoms with Crippen LogP contribution in [0.1, 0.15) is 5.56 Å². The van der Waals surface area contributed by atoms with Gasteiger partial charge in [0.15, 0.2) is 6.61 Å². The molecule has 0 spiro atoms. The predicted molar refractivity (Wildman–Crippen MR) is 48.2 cm³/mol. The van der Waals surface area contributed by atoms with Crippen LogP contribution >= 0.6 is 0 Å². The minimum absolute atomic E-state index is 0.744. The zero-order valence-corrected chi connectivity index (χ0v) is 6.49. The maximum absolute atomic E-state index is 8.79. The Morgan fingerprint density at radius 3 is 2.50 bits per heavy atom. The van der Waals surface area contributed by atoms with E-state index < -0.39 is 0 Å². The molecule has 0 heterocycles. The molecule has 0 atom stereocenters. The summed E-state index contributed by atoms with van der Waals surface area (Å²) in [5.74, 6) is 0. The molecular formula is C11H8O. The van der Waals surface area contributed by atoms with Gasteiger partial charge in [0.25, 0.3) is 0 Å². The van der Waals surface area contributed by atoms with Crippen LogP contribution < -0.4 is 0 Å². The van der Waals surface area contributed by atoms with E-state index in [0.29, 0.717) is 0 Å². The minimum atomic E-state index is 0.744. The Labute approximate surface area is 71.3 Å². The number of fused-ring (bicyclic) bond motifs is 1. The first-order chi connectivity index (χ1) is 5.92. The van der Waals surface area contributed by atoms with Crippen molar-refractivity contribution in [3.05, 3.63) is 54.6 Å². The summed E-state index contributed by atoms with van der Waals surface area (Å²) in [7, 11) is 0. The van der Waals surface area contributed by atoms with E-state index in [1.54, 1.807) is 0 Å². The Balaban J connectivity index is 2.79. The third-order valence-corrected chi connectivity index (χ3v) is 1.91. The lowest BCUT2D eigenvalue weighted by Crippen LogP contribution is -1.81. The second-order valence-corrected chi connectivity index (χ2v) is 2.64. The number of hydrogen-bond acceptors (Lipinski definition) is 1. The van der Waals surface area contributed by atoms with Crippen LogP contribution in [-0.4, -0.2) is 5.11 Å². The van der Waals surface area contributed by atoms with Crippen molar-refractivity contribution in [1.82, 2.24) is 0 Å². The summed E-state index contributed by atoms with van der Waals surface area (Å²) in [5.41, 5.74) is 0.744. The number of rotatable bonds is 1. The number of aliphatic hydroxyl groups is 1. The molecule has 58 valence electrons. The van der Waals surface area contributed by atoms with Gasteiger partial charge >= 0.3 is 0 Å². The normalized spacial score (nSPS) is 10.4. The summed E-state index contributed by atoms with van der Waals surface area (Å²) in [6, 6.07) is 13.6. The van der Waals surface area contributed by atoms with Gasteiger partial charge in [-0.05, 0) is 16.3 Å². The second-order valence-electron chi connectivity index (χ2n) is 2.64. The summed E-state index contributed by atoms with van der Waals surface area (Å²) < 4.78 is 0. The van der Waals surface area contributed by atoms with Gasteiger partial charge in [-0.15, -0.1) is 0 Å². The maximum atomic E-state index is 8.79. The average molecular weight is 156 g/mol. The van der Waals surface area contributed by atoms with Gasteiger partial charge in [0.1, 0.15) is 0 Å². The van der Waals surface area contributed by atoms with Gasteiger partial charge in [0.2, 0.25) is 0 Å². The Morgan fingerprint density at radius 1 is 0.917 bits per heavy atom. The third kappa shape index (κ3) is 1.08. The third-order valence-electron chi connectivity index (χ3n) is 1.91. The first kappa shape index (κ1) is 7.32. The van der Waals surface area contributed by atoms with Gasteiger partial charge in [0, 0.05) is 0 Å². The van der Waals surface area contributed by atoms with Crippen LogP contribution in [0.3, 0.4) is 0 Å². The van der Waals surface area contributed by atoms with Gasteiger partial charge < -0.3 is 5.11 Å². The second kappa shape index (κ2) is 2.95. The molecule has 1 N–H and O–H groups in total. The van der Waals surface area contributed by atoms with Crippen molar-refractivity contribution >= 4 is 10.8 Å². The van der Waals surface area contributed by atoms with Crippen LogP contribution in [0.15, 0.2) is 42.5 Å². The molecule has 0 fully saturated rings. The zero-order valence-electron chi connectivity index (χ0n) is 6.49. The Kier molecular flexibility index (Phi) is 1.80. The van der Waals surface area contributed by atoms with Crippen LogP contribution in [0.2, 0.25) is 0 Å². The molecule has 0 aliphatic rings. The first-order valence-corrected chi connectivity index (χ1v) is 3.79. The van der Waals surface area contributed by atoms with Crippen LogP contribution in [0.4, 0.5) is 0 Å². The Morgan fingerprint density at radius 2 is 1.67 bits per heavy atom. The van der Waals surface area contributed by atoms with Gasteiger partial charge in [-0.2, -0.15) is 0 Å². The van der Waals surface area contributed by atoms with Crippen molar-refractivity contribution in [2.24, 2.45) is 0 Å². The maximum Gasteiger partial charge on any atom is 0.162 e. The van der Waals surface area contributed by atoms with E-state index in [0.717, 1.165) is 16.3 Å². The molecule has 0 saturated heterocycles. The fourth-order valence-corrected chi connectivity index (χ4v) is 1.32. The summed E-state index contributed by atoms with van der Waals surface area (Å²) in [4.78, 5) is 0. The Bertz CT molecular complexity index is 388. The van der Waals surface area contributed by atoms with E-state index in [1.165, 1.54) is 0 Å². The molecule has 2 radical (unpaired) electrons. The van der Waals surface area contributed by atoms with Crippen LogP contribution in [0.25, 0.3) is 10.8 Å². The average Bonchev–Trinajstić information content (AvgIpc) is 2.17. The molecule has 2 aromatic rings. The number of aliphatic hydroxyl groups excluding tert-OH is 1. The molecule has 0 aliphatic carbocycles. The van der Waals surface area contributed by atoms with Gasteiger partial charge in [0.05, 0.1) is 0 Å². The standard InChI is InChI=1S/C11H8O/c12-8-10-6-3-5-9-4-1-2-7-11(9)10/h1-7,12H. The van der Waals surface area contributed by atoms with E-state index in [4.69, 9.17) is 5.11 Å². The largest absolute Gasteiger partial charge is 0.378 e. The lowest BCUT2D eigenvalue weighted by molar-refractivity contribution is 0.416. The fraction of sp³-hybridized carbons (Fsp3) is 0. The monoisotopic (exact) mass is 156 g/mol. The minimum Gasteiger partial charge on any atom is -0.378 e. The van der Waals surface area contributed by atoms with Crippen molar-refractivity contribution in [3.63, 3.8) is 0 Å². The highest BCUT2D eigenvalue weighted by Crippen LogP contribution is 2.18. The van der Waals surface area contributed by atoms with Crippen molar-refractivity contribution in [2.75, 3.05) is 0 Å². The molecule has 1 nitrogen and oxygen atoms in total. The van der Waals surface area contributed by atoms with Gasteiger partial charge in [-0.25, -0.2) is 0 Å². The van der Waals surface area contributed by atoms with E-state index in [2.05, 4.69) is 6.61 Å². The van der Waals surface area contributed by atoms with Gasteiger partial charge in [-0.3, -0.25) is 0 Å². The van der Waals surface area contributed by atoms with Crippen LogP contribution in [0, 0.1) is 6.61 Å². The molecule has 12 heavy (non-hydrogen) atoms. The summed E-state index contributed by atoms with van der Waals surface area (Å²) in [6.45, 7) is 2.17. The van der Waals surface area contributed by atoms with E-state index in [-0.39, 0.29) is 0 Å².